The van der Waals surface area contributed by atoms with Crippen LogP contribution < -0.4 is 10.6 Å². The molecule has 1 fully saturated rings. The smallest absolute Gasteiger partial charge is 0.329 e. The van der Waals surface area contributed by atoms with Gasteiger partial charge in [-0.05, 0) is 24.5 Å². The molecule has 2 atom stereocenters. The quantitative estimate of drug-likeness (QED) is 0.608. The lowest BCUT2D eigenvalue weighted by atomic mass is 10.0. The molecule has 0 radical (unpaired) electrons. The summed E-state index contributed by atoms with van der Waals surface area (Å²) in [5.41, 5.74) is -0.828. The van der Waals surface area contributed by atoms with Crippen molar-refractivity contribution < 1.29 is 36.3 Å². The number of halogens is 2. The van der Waals surface area contributed by atoms with Crippen LogP contribution in [0.15, 0.2) is 18.2 Å². The predicted molar refractivity (Wildman–Crippen MR) is 98.6 cm³/mol. The molecule has 1 aliphatic rings. The lowest BCUT2D eigenvalue weighted by Gasteiger charge is -2.21. The van der Waals surface area contributed by atoms with E-state index in [1.165, 1.54) is 0 Å². The molecule has 1 saturated heterocycles. The Hall–Kier alpha value is -2.56. The molecular weight excluding hydrogens is 410 g/mol. The van der Waals surface area contributed by atoms with Gasteiger partial charge in [0.25, 0.3) is 11.8 Å². The standard InChI is InChI=1S/C18H22F2N2O6S/c1-10(2)16(22-17(24)15-12(19)4-3-5-13(15)20)18(25)28-8-14(23)21-11-6-7-29(26,27)9-11/h3-5,10-11,16H,6-9H2,1-2H3,(H,21,23)(H,22,24)/t11-,16-/m1/s1. The fraction of sp³-hybridized carbons (Fsp3) is 0.500. The summed E-state index contributed by atoms with van der Waals surface area (Å²) >= 11 is 0. The summed E-state index contributed by atoms with van der Waals surface area (Å²) in [6.45, 7) is 2.48. The SMILES string of the molecule is CC(C)[C@@H](NC(=O)c1c(F)cccc1F)C(=O)OCC(=O)N[C@@H]1CCS(=O)(=O)C1. The number of ether oxygens (including phenoxy) is 1. The predicted octanol–water partition coefficient (Wildman–Crippen LogP) is 0.566. The number of nitrogens with one attached hydrogen (secondary N) is 2. The van der Waals surface area contributed by atoms with E-state index in [0.29, 0.717) is 0 Å². The van der Waals surface area contributed by atoms with E-state index in [2.05, 4.69) is 10.6 Å². The number of carbonyl (C=O) groups is 3. The van der Waals surface area contributed by atoms with Crippen molar-refractivity contribution in [1.29, 1.82) is 0 Å². The lowest BCUT2D eigenvalue weighted by molar-refractivity contribution is -0.151. The van der Waals surface area contributed by atoms with Crippen molar-refractivity contribution >= 4 is 27.6 Å². The Kier molecular flexibility index (Phi) is 7.28. The summed E-state index contributed by atoms with van der Waals surface area (Å²) in [5.74, 6) is -5.62. The summed E-state index contributed by atoms with van der Waals surface area (Å²) in [6, 6.07) is 1.13. The number of sulfone groups is 1. The van der Waals surface area contributed by atoms with Crippen molar-refractivity contribution in [2.45, 2.75) is 32.4 Å². The second-order valence-corrected chi connectivity index (χ2v) is 9.30. The van der Waals surface area contributed by atoms with Crippen LogP contribution in [0.2, 0.25) is 0 Å². The van der Waals surface area contributed by atoms with E-state index < -0.39 is 69.4 Å². The first-order chi connectivity index (χ1) is 13.5. The summed E-state index contributed by atoms with van der Waals surface area (Å²) in [7, 11) is -3.18. The molecule has 1 heterocycles. The van der Waals surface area contributed by atoms with Crippen molar-refractivity contribution in [3.8, 4) is 0 Å². The second-order valence-electron chi connectivity index (χ2n) is 7.07. The Morgan fingerprint density at radius 1 is 1.21 bits per heavy atom. The van der Waals surface area contributed by atoms with E-state index in [4.69, 9.17) is 4.74 Å². The van der Waals surface area contributed by atoms with Gasteiger partial charge in [-0.3, -0.25) is 9.59 Å². The first kappa shape index (κ1) is 22.7. The number of hydrogen-bond acceptors (Lipinski definition) is 6. The number of benzene rings is 1. The highest BCUT2D eigenvalue weighted by atomic mass is 32.2. The molecule has 2 amide bonds. The molecule has 0 aromatic heterocycles. The van der Waals surface area contributed by atoms with Crippen LogP contribution in [0.1, 0.15) is 30.6 Å². The molecule has 1 aromatic carbocycles. The van der Waals surface area contributed by atoms with Crippen LogP contribution in [-0.4, -0.2) is 56.4 Å². The number of esters is 1. The third-order valence-corrected chi connectivity index (χ3v) is 6.11. The van der Waals surface area contributed by atoms with Gasteiger partial charge in [0.15, 0.2) is 16.4 Å². The van der Waals surface area contributed by atoms with Crippen LogP contribution in [0.3, 0.4) is 0 Å². The Bertz CT molecular complexity index is 883. The van der Waals surface area contributed by atoms with E-state index in [1.54, 1.807) is 13.8 Å². The van der Waals surface area contributed by atoms with Crippen LogP contribution in [0.4, 0.5) is 8.78 Å². The molecule has 0 bridgehead atoms. The number of carbonyl (C=O) groups excluding carboxylic acids is 3. The molecule has 2 rings (SSSR count). The first-order valence-corrected chi connectivity index (χ1v) is 10.7. The van der Waals surface area contributed by atoms with E-state index in [9.17, 15) is 31.6 Å². The average Bonchev–Trinajstić information content (AvgIpc) is 2.95. The van der Waals surface area contributed by atoms with Crippen molar-refractivity contribution in [2.24, 2.45) is 5.92 Å². The highest BCUT2D eigenvalue weighted by Gasteiger charge is 2.31. The van der Waals surface area contributed by atoms with Gasteiger partial charge in [-0.25, -0.2) is 22.0 Å². The van der Waals surface area contributed by atoms with Gasteiger partial charge >= 0.3 is 5.97 Å². The molecule has 29 heavy (non-hydrogen) atoms. The fourth-order valence-corrected chi connectivity index (χ4v) is 4.50. The minimum absolute atomic E-state index is 0.0220. The van der Waals surface area contributed by atoms with E-state index in [1.807, 2.05) is 0 Å². The van der Waals surface area contributed by atoms with Gasteiger partial charge in [-0.15, -0.1) is 0 Å². The first-order valence-electron chi connectivity index (χ1n) is 8.91. The van der Waals surface area contributed by atoms with Crippen LogP contribution in [0.25, 0.3) is 0 Å². The number of amides is 2. The molecule has 1 aliphatic heterocycles. The fourth-order valence-electron chi connectivity index (χ4n) is 2.83. The van der Waals surface area contributed by atoms with Crippen molar-refractivity contribution in [2.75, 3.05) is 18.1 Å². The summed E-state index contributed by atoms with van der Waals surface area (Å²) < 4.78 is 55.2. The highest BCUT2D eigenvalue weighted by molar-refractivity contribution is 7.91. The zero-order valence-corrected chi connectivity index (χ0v) is 16.7. The Labute approximate surface area is 166 Å². The van der Waals surface area contributed by atoms with Gasteiger partial charge in [-0.2, -0.15) is 0 Å². The summed E-state index contributed by atoms with van der Waals surface area (Å²) in [4.78, 5) is 36.3. The van der Waals surface area contributed by atoms with E-state index in [-0.39, 0.29) is 17.9 Å². The molecule has 1 aromatic rings. The average molecular weight is 432 g/mol. The Morgan fingerprint density at radius 3 is 2.34 bits per heavy atom. The third-order valence-electron chi connectivity index (χ3n) is 4.34. The maximum atomic E-state index is 13.7. The van der Waals surface area contributed by atoms with Crippen LogP contribution >= 0.6 is 0 Å². The maximum absolute atomic E-state index is 13.7. The van der Waals surface area contributed by atoms with Gasteiger partial charge in [0, 0.05) is 6.04 Å². The molecule has 11 heteroatoms. The monoisotopic (exact) mass is 432 g/mol. The topological polar surface area (TPSA) is 119 Å². The van der Waals surface area contributed by atoms with Crippen LogP contribution in [0.5, 0.6) is 0 Å². The molecule has 0 aliphatic carbocycles. The number of hydrogen-bond donors (Lipinski definition) is 2. The highest BCUT2D eigenvalue weighted by Crippen LogP contribution is 2.14. The second kappa shape index (κ2) is 9.29. The van der Waals surface area contributed by atoms with Crippen LogP contribution in [0, 0.1) is 17.6 Å². The molecule has 8 nitrogen and oxygen atoms in total. The molecule has 0 saturated carbocycles. The van der Waals surface area contributed by atoms with Crippen molar-refractivity contribution in [3.05, 3.63) is 35.4 Å². The summed E-state index contributed by atoms with van der Waals surface area (Å²) in [5, 5.41) is 4.68. The molecular formula is C18H22F2N2O6S. The normalized spacial score (nSPS) is 18.9. The zero-order valence-electron chi connectivity index (χ0n) is 15.9. The summed E-state index contributed by atoms with van der Waals surface area (Å²) in [6.07, 6.45) is 0.279. The largest absolute Gasteiger partial charge is 0.454 e. The minimum atomic E-state index is -3.18. The molecule has 0 spiro atoms. The van der Waals surface area contributed by atoms with Gasteiger partial charge in [-0.1, -0.05) is 19.9 Å². The van der Waals surface area contributed by atoms with Gasteiger partial charge < -0.3 is 15.4 Å². The minimum Gasteiger partial charge on any atom is -0.454 e. The maximum Gasteiger partial charge on any atom is 0.329 e. The third kappa shape index (κ3) is 6.21. The van der Waals surface area contributed by atoms with Crippen molar-refractivity contribution in [1.82, 2.24) is 10.6 Å². The molecule has 0 unspecified atom stereocenters. The van der Waals surface area contributed by atoms with Crippen LogP contribution in [-0.2, 0) is 24.2 Å². The van der Waals surface area contributed by atoms with Gasteiger partial charge in [0.05, 0.1) is 11.5 Å². The molecule has 2 N–H and O–H groups in total. The van der Waals surface area contributed by atoms with Gasteiger partial charge in [0.2, 0.25) is 0 Å². The molecule has 160 valence electrons. The van der Waals surface area contributed by atoms with E-state index >= 15 is 0 Å². The van der Waals surface area contributed by atoms with Gasteiger partial charge in [0.1, 0.15) is 23.2 Å². The van der Waals surface area contributed by atoms with Crippen molar-refractivity contribution in [3.63, 3.8) is 0 Å². The van der Waals surface area contributed by atoms with E-state index in [0.717, 1.165) is 18.2 Å². The Morgan fingerprint density at radius 2 is 1.83 bits per heavy atom. The Balaban J connectivity index is 1.94. The zero-order chi connectivity index (χ0) is 21.8. The number of rotatable bonds is 7. The lowest BCUT2D eigenvalue weighted by Crippen LogP contribution is -2.47.